The maximum absolute atomic E-state index is 12.6. The Morgan fingerprint density at radius 1 is 1.10 bits per heavy atom. The highest BCUT2D eigenvalue weighted by molar-refractivity contribution is 8.00. The molecule has 5 nitrogen and oxygen atoms in total. The summed E-state index contributed by atoms with van der Waals surface area (Å²) in [6, 6.07) is 14.2. The Bertz CT molecular complexity index is 1130. The van der Waals surface area contributed by atoms with Gasteiger partial charge in [0.2, 0.25) is 5.91 Å². The van der Waals surface area contributed by atoms with Crippen molar-refractivity contribution in [2.24, 2.45) is 0 Å². The minimum Gasteiger partial charge on any atom is -0.325 e. The van der Waals surface area contributed by atoms with Crippen LogP contribution in [0.1, 0.15) is 23.6 Å². The molecule has 0 saturated heterocycles. The summed E-state index contributed by atoms with van der Waals surface area (Å²) < 4.78 is 1.36. The molecule has 0 aliphatic rings. The Kier molecular flexibility index (Phi) is 6.45. The molecule has 0 fully saturated rings. The van der Waals surface area contributed by atoms with Gasteiger partial charge in [0.1, 0.15) is 5.03 Å². The number of amides is 1. The number of hydrogen-bond donors (Lipinski definition) is 1. The molecule has 1 N–H and O–H groups in total. The first-order valence-electron chi connectivity index (χ1n) is 9.17. The average molecular weight is 428 g/mol. The minimum atomic E-state index is -0.411. The van der Waals surface area contributed by atoms with E-state index in [-0.39, 0.29) is 11.5 Å². The number of nitrogens with zero attached hydrogens (tertiary/aromatic N) is 2. The number of nitrogens with one attached hydrogen (secondary N) is 1. The van der Waals surface area contributed by atoms with Crippen LogP contribution in [0.5, 0.6) is 0 Å². The second-order valence-corrected chi connectivity index (χ2v) is 8.62. The van der Waals surface area contributed by atoms with Crippen LogP contribution in [0.2, 0.25) is 5.02 Å². The molecule has 1 aromatic heterocycles. The molecule has 1 unspecified atom stereocenters. The van der Waals surface area contributed by atoms with Crippen molar-refractivity contribution in [1.29, 1.82) is 0 Å². The Balaban J connectivity index is 1.79. The predicted octanol–water partition coefficient (Wildman–Crippen LogP) is 4.93. The summed E-state index contributed by atoms with van der Waals surface area (Å²) in [6.45, 7) is 7.67. The first-order chi connectivity index (χ1) is 13.8. The minimum absolute atomic E-state index is 0.161. The van der Waals surface area contributed by atoms with Gasteiger partial charge < -0.3 is 5.32 Å². The Morgan fingerprint density at radius 3 is 2.59 bits per heavy atom. The zero-order valence-corrected chi connectivity index (χ0v) is 18.3. The van der Waals surface area contributed by atoms with Crippen molar-refractivity contribution in [1.82, 2.24) is 9.78 Å². The van der Waals surface area contributed by atoms with Crippen LogP contribution in [0.4, 0.5) is 5.69 Å². The smallest absolute Gasteiger partial charge is 0.271 e. The van der Waals surface area contributed by atoms with E-state index in [1.165, 1.54) is 22.5 Å². The second kappa shape index (κ2) is 8.84. The van der Waals surface area contributed by atoms with E-state index in [1.807, 2.05) is 45.0 Å². The van der Waals surface area contributed by atoms with E-state index < -0.39 is 5.25 Å². The normalized spacial score (nSPS) is 11.9. The topological polar surface area (TPSA) is 64.0 Å². The maximum Gasteiger partial charge on any atom is 0.271 e. The predicted molar refractivity (Wildman–Crippen MR) is 119 cm³/mol. The summed E-state index contributed by atoms with van der Waals surface area (Å²) in [7, 11) is 0. The van der Waals surface area contributed by atoms with Crippen molar-refractivity contribution in [3.63, 3.8) is 0 Å². The zero-order chi connectivity index (χ0) is 21.1. The summed E-state index contributed by atoms with van der Waals surface area (Å²) in [5.74, 6) is -0.161. The van der Waals surface area contributed by atoms with Crippen LogP contribution in [-0.2, 0) is 4.79 Å². The number of halogens is 1. The Hall–Kier alpha value is -2.57. The van der Waals surface area contributed by atoms with E-state index in [9.17, 15) is 9.59 Å². The molecule has 3 aromatic rings. The van der Waals surface area contributed by atoms with Crippen LogP contribution in [0.3, 0.4) is 0 Å². The maximum atomic E-state index is 12.6. The number of aromatic nitrogens is 2. The fraction of sp³-hybridized carbons (Fsp3) is 0.227. The first-order valence-corrected chi connectivity index (χ1v) is 10.4. The SMILES string of the molecule is Cc1ccc(-n2nc(SC(C)C(=O)Nc3cccc(Cl)c3C)ccc2=O)cc1C. The second-order valence-electron chi connectivity index (χ2n) is 6.85. The fourth-order valence-electron chi connectivity index (χ4n) is 2.71. The first kappa shape index (κ1) is 21.1. The van der Waals surface area contributed by atoms with Crippen molar-refractivity contribution in [3.05, 3.63) is 80.6 Å². The molecule has 0 aliphatic carbocycles. The number of anilines is 1. The van der Waals surface area contributed by atoms with Crippen LogP contribution in [-0.4, -0.2) is 20.9 Å². The Labute approximate surface area is 179 Å². The molecule has 3 rings (SSSR count). The number of hydrogen-bond acceptors (Lipinski definition) is 4. The number of thioether (sulfide) groups is 1. The van der Waals surface area contributed by atoms with Crippen molar-refractivity contribution >= 4 is 35.0 Å². The molecule has 1 atom stereocenters. The summed E-state index contributed by atoms with van der Waals surface area (Å²) in [6.07, 6.45) is 0. The van der Waals surface area contributed by atoms with Gasteiger partial charge in [-0.3, -0.25) is 9.59 Å². The van der Waals surface area contributed by atoms with Crippen LogP contribution in [0.25, 0.3) is 5.69 Å². The van der Waals surface area contributed by atoms with E-state index in [0.717, 1.165) is 16.7 Å². The van der Waals surface area contributed by atoms with E-state index in [1.54, 1.807) is 25.1 Å². The van der Waals surface area contributed by atoms with Crippen molar-refractivity contribution < 1.29 is 4.79 Å². The molecule has 0 saturated carbocycles. The quantitative estimate of drug-likeness (QED) is 0.586. The third kappa shape index (κ3) is 4.89. The van der Waals surface area contributed by atoms with Crippen molar-refractivity contribution in [2.75, 3.05) is 5.32 Å². The standard InChI is InChI=1S/C22H22ClN3O2S/c1-13-8-9-17(12-14(13)2)26-21(27)11-10-20(25-26)29-16(4)22(28)24-19-7-5-6-18(23)15(19)3/h5-12,16H,1-4H3,(H,24,28). The van der Waals surface area contributed by atoms with Gasteiger partial charge in [-0.05, 0) is 74.7 Å². The number of carbonyl (C=O) groups excluding carboxylic acids is 1. The summed E-state index contributed by atoms with van der Waals surface area (Å²) >= 11 is 7.41. The summed E-state index contributed by atoms with van der Waals surface area (Å²) in [5, 5.41) is 8.12. The van der Waals surface area contributed by atoms with Gasteiger partial charge >= 0.3 is 0 Å². The molecule has 0 spiro atoms. The van der Waals surface area contributed by atoms with Crippen LogP contribution >= 0.6 is 23.4 Å². The molecule has 0 aliphatic heterocycles. The molecule has 7 heteroatoms. The third-order valence-electron chi connectivity index (χ3n) is 4.70. The highest BCUT2D eigenvalue weighted by atomic mass is 35.5. The highest BCUT2D eigenvalue weighted by Gasteiger charge is 2.17. The number of carbonyl (C=O) groups is 1. The lowest BCUT2D eigenvalue weighted by molar-refractivity contribution is -0.115. The molecule has 29 heavy (non-hydrogen) atoms. The molecule has 150 valence electrons. The highest BCUT2D eigenvalue weighted by Crippen LogP contribution is 2.26. The lowest BCUT2D eigenvalue weighted by atomic mass is 10.1. The van der Waals surface area contributed by atoms with Gasteiger partial charge in [0.15, 0.2) is 0 Å². The van der Waals surface area contributed by atoms with E-state index in [0.29, 0.717) is 21.4 Å². The van der Waals surface area contributed by atoms with Gasteiger partial charge in [-0.2, -0.15) is 9.78 Å². The van der Waals surface area contributed by atoms with E-state index >= 15 is 0 Å². The molecular formula is C22H22ClN3O2S. The molecular weight excluding hydrogens is 406 g/mol. The van der Waals surface area contributed by atoms with Crippen molar-refractivity contribution in [3.8, 4) is 5.69 Å². The van der Waals surface area contributed by atoms with Gasteiger partial charge in [0.25, 0.3) is 5.56 Å². The van der Waals surface area contributed by atoms with Crippen LogP contribution in [0, 0.1) is 20.8 Å². The lowest BCUT2D eigenvalue weighted by Crippen LogP contribution is -2.24. The molecule has 1 amide bonds. The largest absolute Gasteiger partial charge is 0.325 e. The van der Waals surface area contributed by atoms with Crippen LogP contribution in [0.15, 0.2) is 58.4 Å². The van der Waals surface area contributed by atoms with Gasteiger partial charge in [-0.15, -0.1) is 0 Å². The van der Waals surface area contributed by atoms with Crippen LogP contribution < -0.4 is 10.9 Å². The molecule has 0 bridgehead atoms. The van der Waals surface area contributed by atoms with Gasteiger partial charge in [-0.1, -0.05) is 35.5 Å². The summed E-state index contributed by atoms with van der Waals surface area (Å²) in [4.78, 5) is 24.9. The van der Waals surface area contributed by atoms with Gasteiger partial charge in [0.05, 0.1) is 10.9 Å². The third-order valence-corrected chi connectivity index (χ3v) is 6.14. The zero-order valence-electron chi connectivity index (χ0n) is 16.7. The summed E-state index contributed by atoms with van der Waals surface area (Å²) in [5.41, 5.74) is 4.22. The average Bonchev–Trinajstić information content (AvgIpc) is 2.69. The number of benzene rings is 2. The molecule has 2 aromatic carbocycles. The fourth-order valence-corrected chi connectivity index (χ4v) is 3.69. The van der Waals surface area contributed by atoms with E-state index in [2.05, 4.69) is 10.4 Å². The van der Waals surface area contributed by atoms with E-state index in [4.69, 9.17) is 11.6 Å². The number of aryl methyl sites for hydroxylation is 2. The Morgan fingerprint density at radius 2 is 1.86 bits per heavy atom. The number of rotatable bonds is 5. The molecule has 1 heterocycles. The van der Waals surface area contributed by atoms with Gasteiger partial charge in [0, 0.05) is 16.8 Å². The monoisotopic (exact) mass is 427 g/mol. The van der Waals surface area contributed by atoms with Crippen molar-refractivity contribution in [2.45, 2.75) is 38.0 Å². The van der Waals surface area contributed by atoms with Gasteiger partial charge in [-0.25, -0.2) is 0 Å². The molecule has 0 radical (unpaired) electrons. The lowest BCUT2D eigenvalue weighted by Gasteiger charge is -2.14.